The van der Waals surface area contributed by atoms with E-state index in [0.717, 1.165) is 0 Å². The Morgan fingerprint density at radius 1 is 1.22 bits per heavy atom. The van der Waals surface area contributed by atoms with Crippen molar-refractivity contribution in [2.75, 3.05) is 6.61 Å². The van der Waals surface area contributed by atoms with Gasteiger partial charge in [-0.05, 0) is 17.4 Å². The second-order valence-electron chi connectivity index (χ2n) is 5.01. The molecule has 0 fully saturated rings. The Kier molecular flexibility index (Phi) is 7.20. The fourth-order valence-electron chi connectivity index (χ4n) is 1.54. The average Bonchev–Trinajstić information content (AvgIpc) is 3.01. The normalized spacial score (nSPS) is 11.5. The maximum absolute atomic E-state index is 12.0. The van der Waals surface area contributed by atoms with Crippen LogP contribution in [0.15, 0.2) is 17.5 Å². The van der Waals surface area contributed by atoms with Crippen molar-refractivity contribution in [3.63, 3.8) is 0 Å². The Hall–Kier alpha value is -2.42. The Morgan fingerprint density at radius 3 is 2.43 bits per heavy atom. The van der Waals surface area contributed by atoms with E-state index in [2.05, 4.69) is 16.2 Å². The minimum atomic E-state index is -0.877. The van der Waals surface area contributed by atoms with E-state index in [1.807, 2.05) is 0 Å². The van der Waals surface area contributed by atoms with Crippen molar-refractivity contribution in [1.82, 2.24) is 16.2 Å². The van der Waals surface area contributed by atoms with E-state index in [0.29, 0.717) is 4.88 Å². The van der Waals surface area contributed by atoms with Gasteiger partial charge in [0.05, 0.1) is 4.88 Å². The number of hydrazine groups is 1. The lowest BCUT2D eigenvalue weighted by Crippen LogP contribution is -2.47. The fraction of sp³-hybridized carbons (Fsp3) is 0.429. The summed E-state index contributed by atoms with van der Waals surface area (Å²) >= 11 is 1.26. The van der Waals surface area contributed by atoms with Crippen LogP contribution in [0.25, 0.3) is 0 Å². The lowest BCUT2D eigenvalue weighted by molar-refractivity contribution is -0.151. The summed E-state index contributed by atoms with van der Waals surface area (Å²) in [5.74, 6) is -2.44. The molecule has 0 saturated heterocycles. The third kappa shape index (κ3) is 6.47. The van der Waals surface area contributed by atoms with E-state index in [4.69, 9.17) is 4.74 Å². The molecule has 23 heavy (non-hydrogen) atoms. The zero-order valence-electron chi connectivity index (χ0n) is 13.0. The maximum Gasteiger partial charge on any atom is 0.329 e. The highest BCUT2D eigenvalue weighted by Crippen LogP contribution is 2.11. The summed E-state index contributed by atoms with van der Waals surface area (Å²) in [4.78, 5) is 46.5. The average molecular weight is 341 g/mol. The highest BCUT2D eigenvalue weighted by atomic mass is 32.1. The number of amides is 3. The molecule has 126 valence electrons. The van der Waals surface area contributed by atoms with Crippen LogP contribution in [0.1, 0.15) is 30.4 Å². The molecule has 0 bridgehead atoms. The van der Waals surface area contributed by atoms with Crippen LogP contribution in [-0.4, -0.2) is 36.3 Å². The maximum atomic E-state index is 12.0. The predicted molar refractivity (Wildman–Crippen MR) is 83.3 cm³/mol. The van der Waals surface area contributed by atoms with E-state index >= 15 is 0 Å². The molecule has 0 radical (unpaired) electrons. The van der Waals surface area contributed by atoms with Gasteiger partial charge in [-0.1, -0.05) is 19.9 Å². The summed E-state index contributed by atoms with van der Waals surface area (Å²) in [5, 5.41) is 4.34. The standard InChI is InChI=1S/C14H19N3O5S/c1-8(2)12(15-13(20)10-5-4-6-23-10)14(21)22-7-11(19)17-16-9(3)18/h4-6,8,12H,7H2,1-3H3,(H,15,20)(H,16,18)(H,17,19)/t12-/m1/s1. The van der Waals surface area contributed by atoms with Gasteiger partial charge in [0.15, 0.2) is 6.61 Å². The quantitative estimate of drug-likeness (QED) is 0.506. The van der Waals surface area contributed by atoms with E-state index in [-0.39, 0.29) is 11.8 Å². The third-order valence-electron chi connectivity index (χ3n) is 2.68. The van der Waals surface area contributed by atoms with Crippen LogP contribution >= 0.6 is 11.3 Å². The molecule has 1 atom stereocenters. The van der Waals surface area contributed by atoms with Crippen molar-refractivity contribution < 1.29 is 23.9 Å². The molecule has 1 heterocycles. The fourth-order valence-corrected chi connectivity index (χ4v) is 2.16. The summed E-state index contributed by atoms with van der Waals surface area (Å²) in [6, 6.07) is 2.50. The largest absolute Gasteiger partial charge is 0.454 e. The molecule has 0 aliphatic heterocycles. The smallest absolute Gasteiger partial charge is 0.329 e. The topological polar surface area (TPSA) is 114 Å². The number of esters is 1. The summed E-state index contributed by atoms with van der Waals surface area (Å²) in [5.41, 5.74) is 4.14. The Labute approximate surface area is 137 Å². The molecular formula is C14H19N3O5S. The highest BCUT2D eigenvalue weighted by molar-refractivity contribution is 7.12. The van der Waals surface area contributed by atoms with E-state index in [1.165, 1.54) is 18.3 Å². The van der Waals surface area contributed by atoms with Gasteiger partial charge in [0.1, 0.15) is 6.04 Å². The lowest BCUT2D eigenvalue weighted by Gasteiger charge is -2.20. The van der Waals surface area contributed by atoms with Crippen molar-refractivity contribution in [3.8, 4) is 0 Å². The first-order chi connectivity index (χ1) is 10.8. The number of ether oxygens (including phenoxy) is 1. The van der Waals surface area contributed by atoms with Crippen molar-refractivity contribution in [3.05, 3.63) is 22.4 Å². The van der Waals surface area contributed by atoms with Gasteiger partial charge >= 0.3 is 5.97 Å². The van der Waals surface area contributed by atoms with E-state index in [1.54, 1.807) is 31.4 Å². The summed E-state index contributed by atoms with van der Waals surface area (Å²) in [6.45, 7) is 4.16. The molecule has 9 heteroatoms. The van der Waals surface area contributed by atoms with Gasteiger partial charge < -0.3 is 10.1 Å². The minimum Gasteiger partial charge on any atom is -0.454 e. The molecule has 0 saturated carbocycles. The van der Waals surface area contributed by atoms with E-state index in [9.17, 15) is 19.2 Å². The second kappa shape index (κ2) is 8.89. The van der Waals surface area contributed by atoms with Crippen LogP contribution < -0.4 is 16.2 Å². The first-order valence-corrected chi connectivity index (χ1v) is 7.75. The van der Waals surface area contributed by atoms with Crippen LogP contribution in [0.5, 0.6) is 0 Å². The van der Waals surface area contributed by atoms with Gasteiger partial charge in [-0.15, -0.1) is 11.3 Å². The van der Waals surface area contributed by atoms with Gasteiger partial charge in [0.2, 0.25) is 5.91 Å². The molecule has 1 aromatic heterocycles. The Morgan fingerprint density at radius 2 is 1.91 bits per heavy atom. The molecule has 1 rings (SSSR count). The van der Waals surface area contributed by atoms with Crippen molar-refractivity contribution in [1.29, 1.82) is 0 Å². The number of hydrogen-bond donors (Lipinski definition) is 3. The second-order valence-corrected chi connectivity index (χ2v) is 5.96. The predicted octanol–water partition coefficient (Wildman–Crippen LogP) is 0.213. The number of carbonyl (C=O) groups excluding carboxylic acids is 4. The first kappa shape index (κ1) is 18.6. The van der Waals surface area contributed by atoms with Crippen molar-refractivity contribution in [2.45, 2.75) is 26.8 Å². The van der Waals surface area contributed by atoms with Crippen molar-refractivity contribution in [2.24, 2.45) is 5.92 Å². The Balaban J connectivity index is 2.53. The molecule has 3 N–H and O–H groups in total. The number of thiophene rings is 1. The SMILES string of the molecule is CC(=O)NNC(=O)COC(=O)[C@H](NC(=O)c1cccs1)C(C)C. The molecule has 0 aliphatic rings. The van der Waals surface area contributed by atoms with Gasteiger partial charge in [-0.25, -0.2) is 4.79 Å². The summed E-state index contributed by atoms with van der Waals surface area (Å²) in [7, 11) is 0. The molecule has 0 aromatic carbocycles. The minimum absolute atomic E-state index is 0.218. The number of hydrogen-bond acceptors (Lipinski definition) is 6. The Bertz CT molecular complexity index is 571. The van der Waals surface area contributed by atoms with Crippen LogP contribution in [0, 0.1) is 5.92 Å². The number of carbonyl (C=O) groups is 4. The molecule has 0 aliphatic carbocycles. The number of nitrogens with one attached hydrogen (secondary N) is 3. The molecular weight excluding hydrogens is 322 g/mol. The molecule has 8 nitrogen and oxygen atoms in total. The molecule has 0 unspecified atom stereocenters. The molecule has 0 spiro atoms. The van der Waals surface area contributed by atoms with Crippen LogP contribution in [0.4, 0.5) is 0 Å². The van der Waals surface area contributed by atoms with Gasteiger partial charge in [-0.3, -0.25) is 25.2 Å². The summed E-state index contributed by atoms with van der Waals surface area (Å²) < 4.78 is 4.86. The van der Waals surface area contributed by atoms with E-state index < -0.39 is 30.4 Å². The van der Waals surface area contributed by atoms with Crippen LogP contribution in [-0.2, 0) is 19.1 Å². The zero-order chi connectivity index (χ0) is 17.4. The van der Waals surface area contributed by atoms with Crippen LogP contribution in [0.3, 0.4) is 0 Å². The first-order valence-electron chi connectivity index (χ1n) is 6.87. The summed E-state index contributed by atoms with van der Waals surface area (Å²) in [6.07, 6.45) is 0. The van der Waals surface area contributed by atoms with Gasteiger partial charge in [-0.2, -0.15) is 0 Å². The number of rotatable bonds is 6. The molecule has 3 amide bonds. The van der Waals surface area contributed by atoms with Crippen molar-refractivity contribution >= 4 is 35.0 Å². The highest BCUT2D eigenvalue weighted by Gasteiger charge is 2.27. The third-order valence-corrected chi connectivity index (χ3v) is 3.54. The van der Waals surface area contributed by atoms with Crippen LogP contribution in [0.2, 0.25) is 0 Å². The van der Waals surface area contributed by atoms with Gasteiger partial charge in [0, 0.05) is 6.92 Å². The lowest BCUT2D eigenvalue weighted by atomic mass is 10.0. The monoisotopic (exact) mass is 341 g/mol. The zero-order valence-corrected chi connectivity index (χ0v) is 13.9. The molecule has 1 aromatic rings. The van der Waals surface area contributed by atoms with Gasteiger partial charge in [0.25, 0.3) is 11.8 Å².